The number of rotatable bonds is 4. The molecule has 2 heterocycles. The highest BCUT2D eigenvalue weighted by Gasteiger charge is 2.17. The molecule has 0 unspecified atom stereocenters. The summed E-state index contributed by atoms with van der Waals surface area (Å²) in [5, 5.41) is 7.91. The third kappa shape index (κ3) is 2.85. The Hall–Kier alpha value is -2.25. The van der Waals surface area contributed by atoms with Crippen LogP contribution in [0.15, 0.2) is 33.3 Å². The molecule has 23 heavy (non-hydrogen) atoms. The summed E-state index contributed by atoms with van der Waals surface area (Å²) in [6, 6.07) is 5.99. The van der Waals surface area contributed by atoms with Gasteiger partial charge in [-0.1, -0.05) is 21.0 Å². The van der Waals surface area contributed by atoms with Crippen molar-refractivity contribution in [2.75, 3.05) is 0 Å². The fraction of sp³-hybridized carbons (Fsp3) is 0.188. The molecule has 2 N–H and O–H groups in total. The van der Waals surface area contributed by atoms with Gasteiger partial charge in [-0.15, -0.1) is 5.10 Å². The number of hydrogen-bond donors (Lipinski definition) is 1. The molecule has 2 aromatic heterocycles. The Bertz CT molecular complexity index is 882. The minimum absolute atomic E-state index is 0.202. The lowest BCUT2D eigenvalue weighted by Crippen LogP contribution is -1.96. The van der Waals surface area contributed by atoms with E-state index in [0.717, 1.165) is 33.1 Å². The van der Waals surface area contributed by atoms with Crippen LogP contribution in [0.25, 0.3) is 17.1 Å². The molecule has 0 saturated carbocycles. The monoisotopic (exact) mass is 374 g/mol. The van der Waals surface area contributed by atoms with Gasteiger partial charge in [0.25, 0.3) is 0 Å². The lowest BCUT2D eigenvalue weighted by atomic mass is 10.0. The number of carbonyl (C=O) groups is 1. The molecule has 118 valence electrons. The summed E-state index contributed by atoms with van der Waals surface area (Å²) in [5.41, 5.74) is 10.1. The molecular formula is C16H15BrN4O2. The van der Waals surface area contributed by atoms with Crippen LogP contribution in [0.5, 0.6) is 0 Å². The summed E-state index contributed by atoms with van der Waals surface area (Å²) in [5.74, 6) is 0.387. The molecule has 0 amide bonds. The van der Waals surface area contributed by atoms with Gasteiger partial charge in [-0.05, 0) is 43.2 Å². The number of aryl methyl sites for hydroxylation is 1. The third-order valence-corrected chi connectivity index (χ3v) is 4.08. The van der Waals surface area contributed by atoms with Gasteiger partial charge in [-0.3, -0.25) is 9.36 Å². The lowest BCUT2D eigenvalue weighted by Gasteiger charge is -2.06. The summed E-state index contributed by atoms with van der Waals surface area (Å²) >= 11 is 3.44. The summed E-state index contributed by atoms with van der Waals surface area (Å²) in [7, 11) is 0. The van der Waals surface area contributed by atoms with Crippen LogP contribution in [0.1, 0.15) is 27.5 Å². The molecule has 1 aromatic carbocycles. The number of aldehydes is 1. The number of halogens is 1. The van der Waals surface area contributed by atoms with Gasteiger partial charge in [0, 0.05) is 27.5 Å². The SMILES string of the molecule is Cc1cn(-c2nnc(CN)o2)c(C)c1-c1cc(Br)cc(C=O)c1. The zero-order chi connectivity index (χ0) is 16.6. The van der Waals surface area contributed by atoms with Crippen LogP contribution in [0.2, 0.25) is 0 Å². The van der Waals surface area contributed by atoms with Gasteiger partial charge in [-0.2, -0.15) is 0 Å². The van der Waals surface area contributed by atoms with Crippen molar-refractivity contribution in [2.45, 2.75) is 20.4 Å². The van der Waals surface area contributed by atoms with Crippen molar-refractivity contribution in [3.8, 4) is 17.1 Å². The molecule has 0 spiro atoms. The number of benzene rings is 1. The molecule has 0 bridgehead atoms. The normalized spacial score (nSPS) is 11.0. The smallest absolute Gasteiger partial charge is 0.326 e. The molecule has 0 aliphatic carbocycles. The Kier molecular flexibility index (Phi) is 4.14. The van der Waals surface area contributed by atoms with Crippen molar-refractivity contribution < 1.29 is 9.21 Å². The average Bonchev–Trinajstić information content (AvgIpc) is 3.11. The predicted molar refractivity (Wildman–Crippen MR) is 89.5 cm³/mol. The molecule has 0 fully saturated rings. The lowest BCUT2D eigenvalue weighted by molar-refractivity contribution is 0.112. The van der Waals surface area contributed by atoms with E-state index in [1.165, 1.54) is 0 Å². The minimum Gasteiger partial charge on any atom is -0.406 e. The average molecular weight is 375 g/mol. The standard InChI is InChI=1S/C16H15BrN4O2/c1-9-7-21(16-20-19-14(6-18)23-16)10(2)15(9)12-3-11(8-22)4-13(17)5-12/h3-5,7-8H,6,18H2,1-2H3. The number of hydrogen-bond acceptors (Lipinski definition) is 5. The highest BCUT2D eigenvalue weighted by molar-refractivity contribution is 9.10. The first-order valence-electron chi connectivity index (χ1n) is 7.01. The van der Waals surface area contributed by atoms with Crippen molar-refractivity contribution in [3.63, 3.8) is 0 Å². The van der Waals surface area contributed by atoms with Gasteiger partial charge in [0.15, 0.2) is 0 Å². The third-order valence-electron chi connectivity index (χ3n) is 3.62. The number of nitrogens with two attached hydrogens (primary N) is 1. The Morgan fingerprint density at radius 1 is 1.30 bits per heavy atom. The van der Waals surface area contributed by atoms with Crippen molar-refractivity contribution >= 4 is 22.2 Å². The molecule has 6 nitrogen and oxygen atoms in total. The molecule has 3 rings (SSSR count). The number of carbonyl (C=O) groups excluding carboxylic acids is 1. The zero-order valence-electron chi connectivity index (χ0n) is 12.7. The number of aromatic nitrogens is 3. The van der Waals surface area contributed by atoms with Gasteiger partial charge in [0.1, 0.15) is 6.29 Å². The second-order valence-corrected chi connectivity index (χ2v) is 6.13. The highest BCUT2D eigenvalue weighted by Crippen LogP contribution is 2.32. The molecule has 0 aliphatic heterocycles. The Balaban J connectivity index is 2.14. The topological polar surface area (TPSA) is 86.9 Å². The van der Waals surface area contributed by atoms with E-state index < -0.39 is 0 Å². The largest absolute Gasteiger partial charge is 0.406 e. The summed E-state index contributed by atoms with van der Waals surface area (Å²) in [6.45, 7) is 4.17. The van der Waals surface area contributed by atoms with Crippen molar-refractivity contribution in [2.24, 2.45) is 5.73 Å². The number of nitrogens with zero attached hydrogens (tertiary/aromatic N) is 3. The van der Waals surface area contributed by atoms with Crippen molar-refractivity contribution in [1.29, 1.82) is 0 Å². The second-order valence-electron chi connectivity index (χ2n) is 5.22. The first kappa shape index (κ1) is 15.6. The molecule has 7 heteroatoms. The van der Waals surface area contributed by atoms with Crippen LogP contribution in [0.3, 0.4) is 0 Å². The maximum Gasteiger partial charge on any atom is 0.326 e. The van der Waals surface area contributed by atoms with Crippen LogP contribution < -0.4 is 5.73 Å². The summed E-state index contributed by atoms with van der Waals surface area (Å²) < 4.78 is 8.21. The van der Waals surface area contributed by atoms with Crippen LogP contribution in [0.4, 0.5) is 0 Å². The van der Waals surface area contributed by atoms with E-state index in [0.29, 0.717) is 17.5 Å². The van der Waals surface area contributed by atoms with Gasteiger partial charge >= 0.3 is 6.01 Å². The second kappa shape index (κ2) is 6.10. The molecular weight excluding hydrogens is 360 g/mol. The van der Waals surface area contributed by atoms with Crippen LogP contribution in [-0.4, -0.2) is 21.1 Å². The minimum atomic E-state index is 0.202. The van der Waals surface area contributed by atoms with E-state index in [4.69, 9.17) is 10.2 Å². The highest BCUT2D eigenvalue weighted by atomic mass is 79.9. The van der Waals surface area contributed by atoms with Crippen LogP contribution >= 0.6 is 15.9 Å². The predicted octanol–water partition coefficient (Wildman–Crippen LogP) is 3.18. The van der Waals surface area contributed by atoms with Gasteiger partial charge in [0.05, 0.1) is 6.54 Å². The van der Waals surface area contributed by atoms with E-state index in [1.807, 2.05) is 36.7 Å². The van der Waals surface area contributed by atoms with Gasteiger partial charge < -0.3 is 10.2 Å². The van der Waals surface area contributed by atoms with E-state index in [9.17, 15) is 4.79 Å². The van der Waals surface area contributed by atoms with Crippen LogP contribution in [0, 0.1) is 13.8 Å². The zero-order valence-corrected chi connectivity index (χ0v) is 14.3. The van der Waals surface area contributed by atoms with E-state index in [-0.39, 0.29) is 6.54 Å². The molecule has 0 radical (unpaired) electrons. The summed E-state index contributed by atoms with van der Waals surface area (Å²) in [6.07, 6.45) is 2.77. The Morgan fingerprint density at radius 3 is 2.74 bits per heavy atom. The molecule has 0 atom stereocenters. The van der Waals surface area contributed by atoms with E-state index in [1.54, 1.807) is 6.07 Å². The molecule has 0 saturated heterocycles. The first-order chi connectivity index (χ1) is 11.0. The fourth-order valence-electron chi connectivity index (χ4n) is 2.65. The van der Waals surface area contributed by atoms with Gasteiger partial charge in [-0.25, -0.2) is 0 Å². The summed E-state index contributed by atoms with van der Waals surface area (Å²) in [4.78, 5) is 11.1. The van der Waals surface area contributed by atoms with E-state index >= 15 is 0 Å². The molecule has 3 aromatic rings. The van der Waals surface area contributed by atoms with Crippen molar-refractivity contribution in [3.05, 3.63) is 51.6 Å². The fourth-order valence-corrected chi connectivity index (χ4v) is 3.16. The Labute approximate surface area is 141 Å². The van der Waals surface area contributed by atoms with Gasteiger partial charge in [0.2, 0.25) is 5.89 Å². The quantitative estimate of drug-likeness (QED) is 0.708. The van der Waals surface area contributed by atoms with E-state index in [2.05, 4.69) is 26.1 Å². The molecule has 0 aliphatic rings. The van der Waals surface area contributed by atoms with Crippen molar-refractivity contribution in [1.82, 2.24) is 14.8 Å². The maximum absolute atomic E-state index is 11.1. The maximum atomic E-state index is 11.1. The Morgan fingerprint density at radius 2 is 2.09 bits per heavy atom. The first-order valence-corrected chi connectivity index (χ1v) is 7.80. The van der Waals surface area contributed by atoms with Crippen LogP contribution in [-0.2, 0) is 6.54 Å².